The van der Waals surface area contributed by atoms with Crippen molar-refractivity contribution in [2.24, 2.45) is 0 Å². The first kappa shape index (κ1) is 8.54. The molecule has 1 unspecified atom stereocenters. The van der Waals surface area contributed by atoms with Gasteiger partial charge in [-0.15, -0.1) is 0 Å². The lowest BCUT2D eigenvalue weighted by molar-refractivity contribution is 0.630. The lowest BCUT2D eigenvalue weighted by Crippen LogP contribution is -2.31. The molecule has 2 rings (SSSR count). The molecule has 1 aromatic rings. The Balaban J connectivity index is 2.28. The molecule has 2 heteroatoms. The molecule has 1 aliphatic heterocycles. The fraction of sp³-hybridized carbons (Fsp3) is 0.545. The van der Waals surface area contributed by atoms with Crippen LogP contribution in [-0.2, 0) is 6.42 Å². The van der Waals surface area contributed by atoms with E-state index in [1.165, 1.54) is 17.8 Å². The van der Waals surface area contributed by atoms with Gasteiger partial charge in [-0.25, -0.2) is 4.98 Å². The summed E-state index contributed by atoms with van der Waals surface area (Å²) in [5.41, 5.74) is 1.41. The Morgan fingerprint density at radius 3 is 3.23 bits per heavy atom. The molecule has 0 fully saturated rings. The number of fused-ring (bicyclic) bond motifs is 1. The van der Waals surface area contributed by atoms with Crippen molar-refractivity contribution in [3.63, 3.8) is 0 Å². The van der Waals surface area contributed by atoms with E-state index in [-0.39, 0.29) is 0 Å². The first-order chi connectivity index (χ1) is 6.33. The Morgan fingerprint density at radius 1 is 1.62 bits per heavy atom. The summed E-state index contributed by atoms with van der Waals surface area (Å²) in [6.45, 7) is 5.64. The summed E-state index contributed by atoms with van der Waals surface area (Å²) >= 11 is 0. The minimum atomic E-state index is 0.621. The molecule has 0 saturated heterocycles. The predicted octanol–water partition coefficient (Wildman–Crippen LogP) is 2.24. The molecule has 0 amide bonds. The van der Waals surface area contributed by atoms with E-state index in [0.717, 1.165) is 13.0 Å². The van der Waals surface area contributed by atoms with E-state index in [2.05, 4.69) is 29.8 Å². The average Bonchev–Trinajstić information content (AvgIpc) is 2.60. The number of aromatic nitrogens is 1. The third kappa shape index (κ3) is 1.41. The van der Waals surface area contributed by atoms with Crippen molar-refractivity contribution in [1.29, 1.82) is 0 Å². The molecule has 2 heterocycles. The topological polar surface area (TPSA) is 16.1 Å². The Labute approximate surface area is 79.6 Å². The van der Waals surface area contributed by atoms with Gasteiger partial charge in [0, 0.05) is 18.8 Å². The highest BCUT2D eigenvalue weighted by atomic mass is 15.2. The van der Waals surface area contributed by atoms with Gasteiger partial charge in [0.05, 0.1) is 0 Å². The molecule has 2 nitrogen and oxygen atoms in total. The smallest absolute Gasteiger partial charge is 0.132 e. The van der Waals surface area contributed by atoms with Crippen LogP contribution in [0.1, 0.15) is 25.8 Å². The van der Waals surface area contributed by atoms with Crippen LogP contribution in [0, 0.1) is 0 Å². The van der Waals surface area contributed by atoms with Crippen LogP contribution >= 0.6 is 0 Å². The van der Waals surface area contributed by atoms with Crippen LogP contribution < -0.4 is 4.90 Å². The normalized spacial score (nSPS) is 17.2. The summed E-state index contributed by atoms with van der Waals surface area (Å²) in [5.74, 6) is 1.21. The van der Waals surface area contributed by atoms with Crippen molar-refractivity contribution in [2.75, 3.05) is 11.4 Å². The van der Waals surface area contributed by atoms with Gasteiger partial charge in [-0.3, -0.25) is 0 Å². The van der Waals surface area contributed by atoms with Crippen LogP contribution in [0.25, 0.3) is 0 Å². The molecule has 0 aliphatic carbocycles. The van der Waals surface area contributed by atoms with E-state index in [4.69, 9.17) is 0 Å². The second-order valence-electron chi connectivity index (χ2n) is 3.69. The summed E-state index contributed by atoms with van der Waals surface area (Å²) < 4.78 is 0. The summed E-state index contributed by atoms with van der Waals surface area (Å²) in [5, 5.41) is 0. The number of nitrogens with zero attached hydrogens (tertiary/aromatic N) is 2. The minimum absolute atomic E-state index is 0.621. The molecule has 70 valence electrons. The molecule has 1 aromatic heterocycles. The average molecular weight is 176 g/mol. The van der Waals surface area contributed by atoms with Crippen LogP contribution in [0.15, 0.2) is 18.3 Å². The zero-order chi connectivity index (χ0) is 9.26. The van der Waals surface area contributed by atoms with Crippen LogP contribution in [0.3, 0.4) is 0 Å². The highest BCUT2D eigenvalue weighted by molar-refractivity contribution is 5.52. The van der Waals surface area contributed by atoms with Gasteiger partial charge in [-0.05, 0) is 31.4 Å². The van der Waals surface area contributed by atoms with Gasteiger partial charge in [0.2, 0.25) is 0 Å². The zero-order valence-corrected chi connectivity index (χ0v) is 8.33. The van der Waals surface area contributed by atoms with Crippen LogP contribution in [0.4, 0.5) is 5.82 Å². The highest BCUT2D eigenvalue weighted by Gasteiger charge is 2.22. The Kier molecular flexibility index (Phi) is 2.21. The Hall–Kier alpha value is -1.05. The fourth-order valence-electron chi connectivity index (χ4n) is 1.88. The molecule has 0 spiro atoms. The second kappa shape index (κ2) is 3.36. The first-order valence-electron chi connectivity index (χ1n) is 5.03. The number of anilines is 1. The van der Waals surface area contributed by atoms with Gasteiger partial charge in [0.1, 0.15) is 5.82 Å². The molecule has 1 atom stereocenters. The molecule has 0 saturated carbocycles. The summed E-state index contributed by atoms with van der Waals surface area (Å²) in [6, 6.07) is 4.83. The van der Waals surface area contributed by atoms with E-state index in [1.807, 2.05) is 12.3 Å². The van der Waals surface area contributed by atoms with Crippen molar-refractivity contribution in [1.82, 2.24) is 4.98 Å². The van der Waals surface area contributed by atoms with Crippen LogP contribution in [0.2, 0.25) is 0 Å². The van der Waals surface area contributed by atoms with Gasteiger partial charge in [-0.2, -0.15) is 0 Å². The summed E-state index contributed by atoms with van der Waals surface area (Å²) in [4.78, 5) is 6.85. The molecule has 0 bridgehead atoms. The van der Waals surface area contributed by atoms with Gasteiger partial charge >= 0.3 is 0 Å². The third-order valence-corrected chi connectivity index (χ3v) is 2.88. The van der Waals surface area contributed by atoms with E-state index in [1.54, 1.807) is 0 Å². The van der Waals surface area contributed by atoms with E-state index in [9.17, 15) is 0 Å². The quantitative estimate of drug-likeness (QED) is 0.687. The minimum Gasteiger partial charge on any atom is -0.353 e. The van der Waals surface area contributed by atoms with Gasteiger partial charge in [0.25, 0.3) is 0 Å². The number of rotatable bonds is 2. The second-order valence-corrected chi connectivity index (χ2v) is 3.69. The standard InChI is InChI=1S/C11H16N2/c1-3-9(2)13-8-6-10-5-4-7-12-11(10)13/h4-5,7,9H,3,6,8H2,1-2H3. The van der Waals surface area contributed by atoms with Crippen molar-refractivity contribution < 1.29 is 0 Å². The van der Waals surface area contributed by atoms with Crippen molar-refractivity contribution >= 4 is 5.82 Å². The number of hydrogen-bond acceptors (Lipinski definition) is 2. The van der Waals surface area contributed by atoms with Crippen LogP contribution in [-0.4, -0.2) is 17.6 Å². The predicted molar refractivity (Wildman–Crippen MR) is 55.0 cm³/mol. The SMILES string of the molecule is CCC(C)N1CCc2cccnc21. The molecule has 0 aromatic carbocycles. The number of hydrogen-bond donors (Lipinski definition) is 0. The van der Waals surface area contributed by atoms with Gasteiger partial charge in [-0.1, -0.05) is 13.0 Å². The van der Waals surface area contributed by atoms with Gasteiger partial charge < -0.3 is 4.90 Å². The van der Waals surface area contributed by atoms with Crippen molar-refractivity contribution in [2.45, 2.75) is 32.7 Å². The van der Waals surface area contributed by atoms with Crippen LogP contribution in [0.5, 0.6) is 0 Å². The maximum Gasteiger partial charge on any atom is 0.132 e. The zero-order valence-electron chi connectivity index (χ0n) is 8.33. The van der Waals surface area contributed by atoms with Crippen molar-refractivity contribution in [3.8, 4) is 0 Å². The molecular formula is C11H16N2. The largest absolute Gasteiger partial charge is 0.353 e. The fourth-order valence-corrected chi connectivity index (χ4v) is 1.88. The maximum atomic E-state index is 4.44. The molecular weight excluding hydrogens is 160 g/mol. The van der Waals surface area contributed by atoms with Gasteiger partial charge in [0.15, 0.2) is 0 Å². The number of pyridine rings is 1. The third-order valence-electron chi connectivity index (χ3n) is 2.88. The monoisotopic (exact) mass is 176 g/mol. The molecule has 0 radical (unpaired) electrons. The molecule has 0 N–H and O–H groups in total. The Morgan fingerprint density at radius 2 is 2.46 bits per heavy atom. The maximum absolute atomic E-state index is 4.44. The molecule has 1 aliphatic rings. The van der Waals surface area contributed by atoms with E-state index >= 15 is 0 Å². The molecule has 13 heavy (non-hydrogen) atoms. The Bertz CT molecular complexity index is 296. The first-order valence-corrected chi connectivity index (χ1v) is 5.03. The van der Waals surface area contributed by atoms with Crippen molar-refractivity contribution in [3.05, 3.63) is 23.9 Å². The lowest BCUT2D eigenvalue weighted by atomic mass is 10.2. The lowest BCUT2D eigenvalue weighted by Gasteiger charge is -2.24. The summed E-state index contributed by atoms with van der Waals surface area (Å²) in [6.07, 6.45) is 4.24. The van der Waals surface area contributed by atoms with E-state index in [0.29, 0.717) is 6.04 Å². The van der Waals surface area contributed by atoms with E-state index < -0.39 is 0 Å². The highest BCUT2D eigenvalue weighted by Crippen LogP contribution is 2.27. The summed E-state index contributed by atoms with van der Waals surface area (Å²) in [7, 11) is 0.